The molecule has 0 saturated carbocycles. The number of likely N-dealkylation sites (tertiary alicyclic amines) is 1. The van der Waals surface area contributed by atoms with E-state index in [2.05, 4.69) is 0 Å². The molecule has 2 atom stereocenters. The first-order chi connectivity index (χ1) is 10.6. The SMILES string of the molecule is CC(N)C1CCCN(C(=O)CCCOc2ccc(F)cc2)C1. The van der Waals surface area contributed by atoms with Crippen molar-refractivity contribution in [1.29, 1.82) is 0 Å². The van der Waals surface area contributed by atoms with E-state index in [0.29, 0.717) is 31.1 Å². The Kier molecular flexibility index (Phi) is 6.19. The van der Waals surface area contributed by atoms with Crippen LogP contribution in [0, 0.1) is 11.7 Å². The van der Waals surface area contributed by atoms with Gasteiger partial charge in [0.1, 0.15) is 11.6 Å². The quantitative estimate of drug-likeness (QED) is 0.822. The first kappa shape index (κ1) is 16.7. The molecule has 0 aliphatic carbocycles. The van der Waals surface area contributed by atoms with E-state index < -0.39 is 0 Å². The van der Waals surface area contributed by atoms with Crippen LogP contribution in [0.1, 0.15) is 32.6 Å². The summed E-state index contributed by atoms with van der Waals surface area (Å²) in [6.45, 7) is 4.08. The molecule has 2 rings (SSSR count). The Morgan fingerprint density at radius 3 is 2.86 bits per heavy atom. The van der Waals surface area contributed by atoms with Crippen LogP contribution in [0.3, 0.4) is 0 Å². The second-order valence-corrected chi connectivity index (χ2v) is 6.01. The highest BCUT2D eigenvalue weighted by molar-refractivity contribution is 5.76. The van der Waals surface area contributed by atoms with Crippen LogP contribution in [0.15, 0.2) is 24.3 Å². The minimum absolute atomic E-state index is 0.136. The molecule has 122 valence electrons. The van der Waals surface area contributed by atoms with Crippen molar-refractivity contribution < 1.29 is 13.9 Å². The van der Waals surface area contributed by atoms with Gasteiger partial charge in [0, 0.05) is 25.6 Å². The molecule has 0 bridgehead atoms. The van der Waals surface area contributed by atoms with Gasteiger partial charge >= 0.3 is 0 Å². The number of nitrogens with zero attached hydrogens (tertiary/aromatic N) is 1. The first-order valence-electron chi connectivity index (χ1n) is 7.98. The summed E-state index contributed by atoms with van der Waals surface area (Å²) in [5, 5.41) is 0. The van der Waals surface area contributed by atoms with Gasteiger partial charge in [-0.05, 0) is 56.4 Å². The molecule has 1 aliphatic rings. The van der Waals surface area contributed by atoms with Crippen molar-refractivity contribution in [3.8, 4) is 5.75 Å². The van der Waals surface area contributed by atoms with Gasteiger partial charge in [0.05, 0.1) is 6.61 Å². The number of amides is 1. The fourth-order valence-corrected chi connectivity index (χ4v) is 2.77. The fraction of sp³-hybridized carbons (Fsp3) is 0.588. The number of hydrogen-bond acceptors (Lipinski definition) is 3. The van der Waals surface area contributed by atoms with E-state index in [0.717, 1.165) is 25.9 Å². The van der Waals surface area contributed by atoms with Gasteiger partial charge in [0.15, 0.2) is 0 Å². The normalized spacial score (nSPS) is 19.8. The molecule has 2 unspecified atom stereocenters. The van der Waals surface area contributed by atoms with Crippen LogP contribution in [0.5, 0.6) is 5.75 Å². The molecule has 1 aliphatic heterocycles. The van der Waals surface area contributed by atoms with Crippen molar-refractivity contribution in [3.63, 3.8) is 0 Å². The second-order valence-electron chi connectivity index (χ2n) is 6.01. The van der Waals surface area contributed by atoms with Crippen LogP contribution in [0.25, 0.3) is 0 Å². The van der Waals surface area contributed by atoms with Crippen molar-refractivity contribution in [3.05, 3.63) is 30.1 Å². The summed E-state index contributed by atoms with van der Waals surface area (Å²) < 4.78 is 18.3. The monoisotopic (exact) mass is 308 g/mol. The van der Waals surface area contributed by atoms with E-state index in [9.17, 15) is 9.18 Å². The smallest absolute Gasteiger partial charge is 0.222 e. The summed E-state index contributed by atoms with van der Waals surface area (Å²) in [7, 11) is 0. The van der Waals surface area contributed by atoms with Crippen LogP contribution in [0.4, 0.5) is 4.39 Å². The fourth-order valence-electron chi connectivity index (χ4n) is 2.77. The average molecular weight is 308 g/mol. The zero-order chi connectivity index (χ0) is 15.9. The molecule has 0 radical (unpaired) electrons. The number of carbonyl (C=O) groups is 1. The number of piperidine rings is 1. The Morgan fingerprint density at radius 1 is 1.45 bits per heavy atom. The lowest BCUT2D eigenvalue weighted by Crippen LogP contribution is -2.45. The van der Waals surface area contributed by atoms with Gasteiger partial charge < -0.3 is 15.4 Å². The molecule has 1 heterocycles. The number of carbonyl (C=O) groups excluding carboxylic acids is 1. The summed E-state index contributed by atoms with van der Waals surface area (Å²) >= 11 is 0. The van der Waals surface area contributed by atoms with Crippen molar-refractivity contribution in [2.24, 2.45) is 11.7 Å². The van der Waals surface area contributed by atoms with Crippen molar-refractivity contribution in [2.45, 2.75) is 38.6 Å². The molecule has 1 aromatic rings. The third-order valence-corrected chi connectivity index (χ3v) is 4.17. The number of nitrogens with two attached hydrogens (primary N) is 1. The lowest BCUT2D eigenvalue weighted by molar-refractivity contribution is -0.133. The second kappa shape index (κ2) is 8.13. The summed E-state index contributed by atoms with van der Waals surface area (Å²) in [5.74, 6) is 0.932. The molecule has 2 N–H and O–H groups in total. The number of rotatable bonds is 6. The third kappa shape index (κ3) is 4.98. The lowest BCUT2D eigenvalue weighted by Gasteiger charge is -2.34. The predicted molar refractivity (Wildman–Crippen MR) is 84.1 cm³/mol. The van der Waals surface area contributed by atoms with Crippen LogP contribution >= 0.6 is 0 Å². The molecular weight excluding hydrogens is 283 g/mol. The molecule has 1 saturated heterocycles. The maximum absolute atomic E-state index is 12.8. The number of halogens is 1. The Bertz CT molecular complexity index is 476. The van der Waals surface area contributed by atoms with E-state index in [4.69, 9.17) is 10.5 Å². The topological polar surface area (TPSA) is 55.6 Å². The Labute approximate surface area is 131 Å². The van der Waals surface area contributed by atoms with Crippen molar-refractivity contribution in [2.75, 3.05) is 19.7 Å². The van der Waals surface area contributed by atoms with Gasteiger partial charge in [-0.1, -0.05) is 0 Å². The van der Waals surface area contributed by atoms with Crippen LogP contribution < -0.4 is 10.5 Å². The van der Waals surface area contributed by atoms with Gasteiger partial charge in [-0.25, -0.2) is 4.39 Å². The Balaban J connectivity index is 1.68. The molecule has 1 amide bonds. The summed E-state index contributed by atoms with van der Waals surface area (Å²) in [4.78, 5) is 14.1. The minimum atomic E-state index is -0.281. The van der Waals surface area contributed by atoms with Gasteiger partial charge in [-0.15, -0.1) is 0 Å². The number of hydrogen-bond donors (Lipinski definition) is 1. The van der Waals surface area contributed by atoms with Crippen molar-refractivity contribution in [1.82, 2.24) is 4.90 Å². The maximum atomic E-state index is 12.8. The third-order valence-electron chi connectivity index (χ3n) is 4.17. The largest absolute Gasteiger partial charge is 0.494 e. The van der Waals surface area contributed by atoms with Gasteiger partial charge in [0.2, 0.25) is 5.91 Å². The standard InChI is InChI=1S/C17H25FN2O2/c1-13(19)14-4-2-10-20(12-14)17(21)5-3-11-22-16-8-6-15(18)7-9-16/h6-9,13-14H,2-5,10-12,19H2,1H3. The first-order valence-corrected chi connectivity index (χ1v) is 7.98. The molecule has 0 spiro atoms. The van der Waals surface area contributed by atoms with Crippen LogP contribution in [-0.4, -0.2) is 36.5 Å². The van der Waals surface area contributed by atoms with Crippen LogP contribution in [0.2, 0.25) is 0 Å². The van der Waals surface area contributed by atoms with E-state index in [1.54, 1.807) is 12.1 Å². The highest BCUT2D eigenvalue weighted by atomic mass is 19.1. The Hall–Kier alpha value is -1.62. The molecule has 1 fully saturated rings. The van der Waals surface area contributed by atoms with E-state index in [1.807, 2.05) is 11.8 Å². The van der Waals surface area contributed by atoms with Gasteiger partial charge in [-0.2, -0.15) is 0 Å². The van der Waals surface area contributed by atoms with Gasteiger partial charge in [-0.3, -0.25) is 4.79 Å². The number of ether oxygens (including phenoxy) is 1. The lowest BCUT2D eigenvalue weighted by atomic mass is 9.92. The molecule has 1 aromatic carbocycles. The highest BCUT2D eigenvalue weighted by Crippen LogP contribution is 2.19. The Morgan fingerprint density at radius 2 is 2.18 bits per heavy atom. The minimum Gasteiger partial charge on any atom is -0.494 e. The zero-order valence-corrected chi connectivity index (χ0v) is 13.1. The number of benzene rings is 1. The average Bonchev–Trinajstić information content (AvgIpc) is 2.53. The molecule has 22 heavy (non-hydrogen) atoms. The van der Waals surface area contributed by atoms with Gasteiger partial charge in [0.25, 0.3) is 0 Å². The predicted octanol–water partition coefficient (Wildman–Crippen LogP) is 2.57. The summed E-state index contributed by atoms with van der Waals surface area (Å²) in [6.07, 6.45) is 3.28. The molecule has 0 aromatic heterocycles. The molecule has 5 heteroatoms. The molecule has 4 nitrogen and oxygen atoms in total. The highest BCUT2D eigenvalue weighted by Gasteiger charge is 2.25. The van der Waals surface area contributed by atoms with E-state index in [1.165, 1.54) is 12.1 Å². The zero-order valence-electron chi connectivity index (χ0n) is 13.1. The molecular formula is C17H25FN2O2. The van der Waals surface area contributed by atoms with Crippen LogP contribution in [-0.2, 0) is 4.79 Å². The maximum Gasteiger partial charge on any atom is 0.222 e. The van der Waals surface area contributed by atoms with Crippen molar-refractivity contribution >= 4 is 5.91 Å². The van der Waals surface area contributed by atoms with E-state index in [-0.39, 0.29) is 17.8 Å². The van der Waals surface area contributed by atoms with E-state index >= 15 is 0 Å². The summed E-state index contributed by atoms with van der Waals surface area (Å²) in [6, 6.07) is 6.05. The summed E-state index contributed by atoms with van der Waals surface area (Å²) in [5.41, 5.74) is 5.94.